The van der Waals surface area contributed by atoms with Crippen molar-refractivity contribution in [3.63, 3.8) is 0 Å². The van der Waals surface area contributed by atoms with Crippen molar-refractivity contribution < 1.29 is 15.0 Å². The second-order valence-electron chi connectivity index (χ2n) is 3.93. The molecule has 0 aliphatic rings. The van der Waals surface area contributed by atoms with Gasteiger partial charge in [0.1, 0.15) is 5.75 Å². The molecule has 88 valence electrons. The lowest BCUT2D eigenvalue weighted by molar-refractivity contribution is 0.0696. The largest absolute Gasteiger partial charge is 0.507 e. The van der Waals surface area contributed by atoms with Gasteiger partial charge in [-0.15, -0.1) is 0 Å². The minimum absolute atomic E-state index is 0.103. The number of aromatic carboxylic acids is 1. The molecule has 0 saturated heterocycles. The van der Waals surface area contributed by atoms with E-state index in [1.54, 1.807) is 6.92 Å². The molecule has 4 N–H and O–H groups in total. The summed E-state index contributed by atoms with van der Waals surface area (Å²) in [5.74, 6) is -0.904. The molecule has 4 nitrogen and oxygen atoms in total. The number of aryl methyl sites for hydroxylation is 1. The van der Waals surface area contributed by atoms with Crippen LogP contribution in [-0.4, -0.2) is 16.2 Å². The lowest BCUT2D eigenvalue weighted by Crippen LogP contribution is -2.12. The number of carboxylic acids is 1. The monoisotopic (exact) mass is 223 g/mol. The fourth-order valence-electron chi connectivity index (χ4n) is 1.68. The van der Waals surface area contributed by atoms with Crippen molar-refractivity contribution >= 4 is 5.97 Å². The topological polar surface area (TPSA) is 83.6 Å². The summed E-state index contributed by atoms with van der Waals surface area (Å²) >= 11 is 0. The molecule has 16 heavy (non-hydrogen) atoms. The molecule has 1 atom stereocenters. The first-order chi connectivity index (χ1) is 7.47. The van der Waals surface area contributed by atoms with E-state index in [1.807, 2.05) is 6.92 Å². The number of carboxylic acid groups (broad SMARTS) is 1. The van der Waals surface area contributed by atoms with Gasteiger partial charge in [-0.1, -0.05) is 13.3 Å². The number of benzene rings is 1. The van der Waals surface area contributed by atoms with Crippen LogP contribution in [-0.2, 0) is 0 Å². The Kier molecular flexibility index (Phi) is 3.90. The van der Waals surface area contributed by atoms with Gasteiger partial charge in [0.15, 0.2) is 0 Å². The number of carbonyl (C=O) groups is 1. The molecule has 0 saturated carbocycles. The average Bonchev–Trinajstić information content (AvgIpc) is 2.21. The minimum atomic E-state index is -1.01. The molecule has 0 aromatic heterocycles. The molecule has 0 aliphatic carbocycles. The Bertz CT molecular complexity index is 401. The van der Waals surface area contributed by atoms with Crippen molar-refractivity contribution in [2.75, 3.05) is 0 Å². The van der Waals surface area contributed by atoms with E-state index in [4.69, 9.17) is 10.8 Å². The summed E-state index contributed by atoms with van der Waals surface area (Å²) in [6, 6.07) is 2.58. The van der Waals surface area contributed by atoms with Crippen molar-refractivity contribution in [2.24, 2.45) is 5.73 Å². The summed E-state index contributed by atoms with van der Waals surface area (Å²) in [7, 11) is 0. The molecule has 0 fully saturated rings. The van der Waals surface area contributed by atoms with Crippen LogP contribution < -0.4 is 5.73 Å². The van der Waals surface area contributed by atoms with Crippen LogP contribution in [0.5, 0.6) is 5.75 Å². The maximum Gasteiger partial charge on any atom is 0.335 e. The van der Waals surface area contributed by atoms with Crippen LogP contribution in [0.1, 0.15) is 47.3 Å². The van der Waals surface area contributed by atoms with Crippen LogP contribution in [0.2, 0.25) is 0 Å². The molecular weight excluding hydrogens is 206 g/mol. The predicted octanol–water partition coefficient (Wildman–Crippen LogP) is 2.20. The third-order valence-electron chi connectivity index (χ3n) is 2.58. The number of phenolic OH excluding ortho intramolecular Hbond substituents is 1. The molecule has 1 aromatic carbocycles. The van der Waals surface area contributed by atoms with Crippen LogP contribution in [0.4, 0.5) is 0 Å². The fraction of sp³-hybridized carbons (Fsp3) is 0.417. The summed E-state index contributed by atoms with van der Waals surface area (Å²) in [4.78, 5) is 10.9. The normalized spacial score (nSPS) is 12.4. The summed E-state index contributed by atoms with van der Waals surface area (Å²) in [5.41, 5.74) is 7.11. The summed E-state index contributed by atoms with van der Waals surface area (Å²) < 4.78 is 0. The third-order valence-corrected chi connectivity index (χ3v) is 2.58. The van der Waals surface area contributed by atoms with Gasteiger partial charge in [-0.25, -0.2) is 4.79 Å². The van der Waals surface area contributed by atoms with Gasteiger partial charge in [0.25, 0.3) is 0 Å². The number of rotatable bonds is 4. The highest BCUT2D eigenvalue weighted by Crippen LogP contribution is 2.30. The van der Waals surface area contributed by atoms with Gasteiger partial charge in [0.2, 0.25) is 0 Å². The van der Waals surface area contributed by atoms with Crippen molar-refractivity contribution in [2.45, 2.75) is 32.7 Å². The second kappa shape index (κ2) is 4.99. The maximum atomic E-state index is 10.9. The summed E-state index contributed by atoms with van der Waals surface area (Å²) in [6.45, 7) is 3.66. The zero-order valence-corrected chi connectivity index (χ0v) is 9.53. The SMILES string of the molecule is CCC[C@H](N)c1cc(C(=O)O)cc(C)c1O. The zero-order chi connectivity index (χ0) is 12.3. The summed E-state index contributed by atoms with van der Waals surface area (Å²) in [5, 5.41) is 18.7. The zero-order valence-electron chi connectivity index (χ0n) is 9.53. The Morgan fingerprint density at radius 3 is 2.62 bits per heavy atom. The quantitative estimate of drug-likeness (QED) is 0.730. The molecule has 1 rings (SSSR count). The van der Waals surface area contributed by atoms with E-state index in [0.29, 0.717) is 11.1 Å². The van der Waals surface area contributed by atoms with Crippen molar-refractivity contribution in [1.82, 2.24) is 0 Å². The molecule has 1 aromatic rings. The van der Waals surface area contributed by atoms with Crippen molar-refractivity contribution in [3.8, 4) is 5.75 Å². The number of aromatic hydroxyl groups is 1. The van der Waals surface area contributed by atoms with Crippen LogP contribution in [0, 0.1) is 6.92 Å². The average molecular weight is 223 g/mol. The Hall–Kier alpha value is -1.55. The van der Waals surface area contributed by atoms with E-state index in [2.05, 4.69) is 0 Å². The first-order valence-electron chi connectivity index (χ1n) is 5.29. The van der Waals surface area contributed by atoms with Gasteiger partial charge in [-0.3, -0.25) is 0 Å². The van der Waals surface area contributed by atoms with Gasteiger partial charge in [0, 0.05) is 11.6 Å². The van der Waals surface area contributed by atoms with E-state index in [-0.39, 0.29) is 17.4 Å². The molecule has 0 heterocycles. The molecule has 0 unspecified atom stereocenters. The number of hydrogen-bond donors (Lipinski definition) is 3. The Balaban J connectivity index is 3.21. The number of hydrogen-bond acceptors (Lipinski definition) is 3. The maximum absolute atomic E-state index is 10.9. The second-order valence-corrected chi connectivity index (χ2v) is 3.93. The van der Waals surface area contributed by atoms with E-state index in [0.717, 1.165) is 12.8 Å². The Labute approximate surface area is 94.7 Å². The van der Waals surface area contributed by atoms with Crippen LogP contribution >= 0.6 is 0 Å². The molecular formula is C12H17NO3. The van der Waals surface area contributed by atoms with E-state index >= 15 is 0 Å². The molecule has 0 bridgehead atoms. The fourth-order valence-corrected chi connectivity index (χ4v) is 1.68. The molecule has 0 spiro atoms. The third kappa shape index (κ3) is 2.52. The van der Waals surface area contributed by atoms with Gasteiger partial charge >= 0.3 is 5.97 Å². The first-order valence-corrected chi connectivity index (χ1v) is 5.29. The van der Waals surface area contributed by atoms with Crippen LogP contribution in [0.15, 0.2) is 12.1 Å². The van der Waals surface area contributed by atoms with Crippen LogP contribution in [0.3, 0.4) is 0 Å². The highest BCUT2D eigenvalue weighted by Gasteiger charge is 2.15. The Morgan fingerprint density at radius 1 is 1.50 bits per heavy atom. The van der Waals surface area contributed by atoms with E-state index in [1.165, 1.54) is 12.1 Å². The number of phenols is 1. The highest BCUT2D eigenvalue weighted by atomic mass is 16.4. The van der Waals surface area contributed by atoms with Crippen molar-refractivity contribution in [3.05, 3.63) is 28.8 Å². The molecule has 4 heteroatoms. The minimum Gasteiger partial charge on any atom is -0.507 e. The molecule has 0 amide bonds. The van der Waals surface area contributed by atoms with Crippen molar-refractivity contribution in [1.29, 1.82) is 0 Å². The number of nitrogens with two attached hydrogens (primary N) is 1. The lowest BCUT2D eigenvalue weighted by atomic mass is 9.97. The lowest BCUT2D eigenvalue weighted by Gasteiger charge is -2.15. The van der Waals surface area contributed by atoms with Crippen LogP contribution in [0.25, 0.3) is 0 Å². The highest BCUT2D eigenvalue weighted by molar-refractivity contribution is 5.88. The molecule has 0 radical (unpaired) electrons. The van der Waals surface area contributed by atoms with E-state index < -0.39 is 5.97 Å². The van der Waals surface area contributed by atoms with E-state index in [9.17, 15) is 9.90 Å². The first kappa shape index (κ1) is 12.5. The van der Waals surface area contributed by atoms with Gasteiger partial charge in [-0.05, 0) is 31.0 Å². The Morgan fingerprint density at radius 2 is 2.12 bits per heavy atom. The smallest absolute Gasteiger partial charge is 0.335 e. The summed E-state index contributed by atoms with van der Waals surface area (Å²) in [6.07, 6.45) is 1.60. The van der Waals surface area contributed by atoms with Gasteiger partial charge < -0.3 is 15.9 Å². The van der Waals surface area contributed by atoms with Gasteiger partial charge in [-0.2, -0.15) is 0 Å². The standard InChI is InChI=1S/C12H17NO3/c1-3-4-10(13)9-6-8(12(15)16)5-7(2)11(9)14/h5-6,10,14H,3-4,13H2,1-2H3,(H,15,16)/t10-/m0/s1. The predicted molar refractivity (Wildman–Crippen MR) is 61.6 cm³/mol. The molecule has 0 aliphatic heterocycles. The van der Waals surface area contributed by atoms with Gasteiger partial charge in [0.05, 0.1) is 5.56 Å².